The molecule has 8 heteroatoms. The van der Waals surface area contributed by atoms with Gasteiger partial charge in [0, 0.05) is 17.8 Å². The molecular weight excluding hydrogens is 404 g/mol. The Hall–Kier alpha value is -3.52. The highest BCUT2D eigenvalue weighted by atomic mass is 32.2. The second kappa shape index (κ2) is 9.32. The van der Waals surface area contributed by atoms with Crippen LogP contribution in [0.1, 0.15) is 15.9 Å². The maximum atomic E-state index is 12.4. The third kappa shape index (κ3) is 5.09. The Balaban J connectivity index is 1.63. The quantitative estimate of drug-likeness (QED) is 0.576. The Bertz CT molecular complexity index is 1110. The first-order valence-electron chi connectivity index (χ1n) is 9.10. The van der Waals surface area contributed by atoms with Gasteiger partial charge in [-0.25, -0.2) is 8.42 Å². The topological polar surface area (TPSA) is 93.7 Å². The Kier molecular flexibility index (Phi) is 6.58. The summed E-state index contributed by atoms with van der Waals surface area (Å²) < 4.78 is 37.7. The van der Waals surface area contributed by atoms with Crippen LogP contribution in [0.3, 0.4) is 0 Å². The molecule has 30 heavy (non-hydrogen) atoms. The molecule has 1 amide bonds. The number of benzene rings is 3. The molecule has 0 aliphatic heterocycles. The van der Waals surface area contributed by atoms with Crippen molar-refractivity contribution in [1.82, 2.24) is 5.32 Å². The predicted octanol–water partition coefficient (Wildman–Crippen LogP) is 3.43. The van der Waals surface area contributed by atoms with Gasteiger partial charge in [-0.15, -0.1) is 0 Å². The van der Waals surface area contributed by atoms with Gasteiger partial charge in [-0.2, -0.15) is 0 Å². The van der Waals surface area contributed by atoms with Crippen LogP contribution in [0.2, 0.25) is 0 Å². The highest BCUT2D eigenvalue weighted by Crippen LogP contribution is 2.27. The Morgan fingerprint density at radius 2 is 1.53 bits per heavy atom. The summed E-state index contributed by atoms with van der Waals surface area (Å²) in [7, 11) is -0.570. The fourth-order valence-corrected chi connectivity index (χ4v) is 3.86. The van der Waals surface area contributed by atoms with Crippen molar-refractivity contribution in [3.8, 4) is 11.5 Å². The average molecular weight is 426 g/mol. The third-order valence-electron chi connectivity index (χ3n) is 4.35. The van der Waals surface area contributed by atoms with E-state index >= 15 is 0 Å². The lowest BCUT2D eigenvalue weighted by molar-refractivity contribution is 0.0951. The zero-order valence-electron chi connectivity index (χ0n) is 16.6. The fourth-order valence-electron chi connectivity index (χ4n) is 2.78. The van der Waals surface area contributed by atoms with Crippen LogP contribution in [0.5, 0.6) is 11.5 Å². The minimum atomic E-state index is -3.68. The van der Waals surface area contributed by atoms with Gasteiger partial charge in [0.2, 0.25) is 0 Å². The van der Waals surface area contributed by atoms with Gasteiger partial charge in [0.15, 0.2) is 11.5 Å². The molecule has 0 spiro atoms. The van der Waals surface area contributed by atoms with Gasteiger partial charge < -0.3 is 14.8 Å². The highest BCUT2D eigenvalue weighted by molar-refractivity contribution is 7.92. The molecule has 0 saturated carbocycles. The molecule has 3 aromatic carbocycles. The monoisotopic (exact) mass is 426 g/mol. The first-order chi connectivity index (χ1) is 14.4. The summed E-state index contributed by atoms with van der Waals surface area (Å²) in [6.45, 7) is 0.307. The van der Waals surface area contributed by atoms with E-state index in [2.05, 4.69) is 10.0 Å². The van der Waals surface area contributed by atoms with E-state index in [1.54, 1.807) is 68.8 Å². The maximum absolute atomic E-state index is 12.4. The Labute approximate surface area is 175 Å². The van der Waals surface area contributed by atoms with E-state index in [9.17, 15) is 13.2 Å². The van der Waals surface area contributed by atoms with E-state index in [0.29, 0.717) is 29.3 Å². The highest BCUT2D eigenvalue weighted by Gasteiger charge is 2.14. The largest absolute Gasteiger partial charge is 0.493 e. The fraction of sp³-hybridized carbons (Fsp3) is 0.136. The maximum Gasteiger partial charge on any atom is 0.261 e. The summed E-state index contributed by atoms with van der Waals surface area (Å²) in [5.74, 6) is 0.919. The lowest BCUT2D eigenvalue weighted by Gasteiger charge is -2.11. The summed E-state index contributed by atoms with van der Waals surface area (Å²) in [5, 5.41) is 2.82. The van der Waals surface area contributed by atoms with Crippen LogP contribution in [0.4, 0.5) is 5.69 Å². The molecular formula is C22H22N2O5S. The van der Waals surface area contributed by atoms with E-state index < -0.39 is 10.0 Å². The number of ether oxygens (including phenoxy) is 2. The normalized spacial score (nSPS) is 10.9. The van der Waals surface area contributed by atoms with Crippen LogP contribution >= 0.6 is 0 Å². The lowest BCUT2D eigenvalue weighted by atomic mass is 10.1. The van der Waals surface area contributed by atoms with Gasteiger partial charge in [0.05, 0.1) is 19.1 Å². The van der Waals surface area contributed by atoms with Gasteiger partial charge in [-0.1, -0.05) is 24.3 Å². The zero-order valence-corrected chi connectivity index (χ0v) is 17.4. The predicted molar refractivity (Wildman–Crippen MR) is 114 cm³/mol. The second-order valence-electron chi connectivity index (χ2n) is 6.37. The molecule has 2 N–H and O–H groups in total. The van der Waals surface area contributed by atoms with Crippen molar-refractivity contribution in [1.29, 1.82) is 0 Å². The number of hydrogen-bond donors (Lipinski definition) is 2. The number of nitrogens with one attached hydrogen (secondary N) is 2. The summed E-state index contributed by atoms with van der Waals surface area (Å²) >= 11 is 0. The lowest BCUT2D eigenvalue weighted by Crippen LogP contribution is -2.22. The molecule has 0 aliphatic rings. The van der Waals surface area contributed by atoms with Crippen LogP contribution < -0.4 is 19.5 Å². The van der Waals surface area contributed by atoms with Crippen molar-refractivity contribution in [2.75, 3.05) is 18.9 Å². The van der Waals surface area contributed by atoms with E-state index in [1.807, 2.05) is 6.07 Å². The van der Waals surface area contributed by atoms with E-state index in [1.165, 1.54) is 12.1 Å². The van der Waals surface area contributed by atoms with Crippen molar-refractivity contribution in [3.05, 3.63) is 83.9 Å². The standard InChI is InChI=1S/C22H22N2O5S/c1-28-20-13-8-16(14-21(20)29-2)15-23-22(25)17-9-11-18(12-10-17)24-30(26,27)19-6-4-3-5-7-19/h3-14,24H,15H2,1-2H3,(H,23,25). The number of rotatable bonds is 8. The molecule has 0 unspecified atom stereocenters. The molecule has 0 bridgehead atoms. The van der Waals surface area contributed by atoms with Gasteiger partial charge in [-0.05, 0) is 54.1 Å². The summed E-state index contributed by atoms with van der Waals surface area (Å²) in [6.07, 6.45) is 0. The number of hydrogen-bond acceptors (Lipinski definition) is 5. The molecule has 0 saturated heterocycles. The van der Waals surface area contributed by atoms with Crippen LogP contribution in [0, 0.1) is 0 Å². The minimum absolute atomic E-state index is 0.168. The molecule has 0 fully saturated rings. The van der Waals surface area contributed by atoms with Crippen LogP contribution in [-0.2, 0) is 16.6 Å². The zero-order chi connectivity index (χ0) is 21.6. The Morgan fingerprint density at radius 1 is 0.867 bits per heavy atom. The number of sulfonamides is 1. The number of amides is 1. The summed E-state index contributed by atoms with van der Waals surface area (Å²) in [5.41, 5.74) is 1.64. The number of methoxy groups -OCH3 is 2. The smallest absolute Gasteiger partial charge is 0.261 e. The molecule has 0 aromatic heterocycles. The van der Waals surface area contributed by atoms with E-state index in [-0.39, 0.29) is 10.8 Å². The molecule has 0 aliphatic carbocycles. The van der Waals surface area contributed by atoms with Gasteiger partial charge in [0.1, 0.15) is 0 Å². The SMILES string of the molecule is COc1ccc(CNC(=O)c2ccc(NS(=O)(=O)c3ccccc3)cc2)cc1OC. The number of carbonyl (C=O) groups excluding carboxylic acids is 1. The summed E-state index contributed by atoms with van der Waals surface area (Å²) in [4.78, 5) is 12.6. The summed E-state index contributed by atoms with van der Waals surface area (Å²) in [6, 6.07) is 19.7. The van der Waals surface area contributed by atoms with Crippen molar-refractivity contribution in [2.45, 2.75) is 11.4 Å². The van der Waals surface area contributed by atoms with Crippen molar-refractivity contribution in [2.24, 2.45) is 0 Å². The number of carbonyl (C=O) groups is 1. The van der Waals surface area contributed by atoms with Gasteiger partial charge >= 0.3 is 0 Å². The van der Waals surface area contributed by atoms with Gasteiger partial charge in [-0.3, -0.25) is 9.52 Å². The van der Waals surface area contributed by atoms with Crippen LogP contribution in [-0.4, -0.2) is 28.5 Å². The molecule has 156 valence electrons. The molecule has 3 rings (SSSR count). The Morgan fingerprint density at radius 3 is 2.17 bits per heavy atom. The number of anilines is 1. The molecule has 0 radical (unpaired) electrons. The van der Waals surface area contributed by atoms with Gasteiger partial charge in [0.25, 0.3) is 15.9 Å². The first kappa shape index (κ1) is 21.2. The minimum Gasteiger partial charge on any atom is -0.493 e. The molecule has 0 atom stereocenters. The van der Waals surface area contributed by atoms with Crippen LogP contribution in [0.25, 0.3) is 0 Å². The average Bonchev–Trinajstić information content (AvgIpc) is 2.78. The third-order valence-corrected chi connectivity index (χ3v) is 5.75. The molecule has 7 nitrogen and oxygen atoms in total. The molecule has 0 heterocycles. The van der Waals surface area contributed by atoms with E-state index in [4.69, 9.17) is 9.47 Å². The van der Waals surface area contributed by atoms with Crippen molar-refractivity contribution < 1.29 is 22.7 Å². The van der Waals surface area contributed by atoms with Crippen molar-refractivity contribution in [3.63, 3.8) is 0 Å². The van der Waals surface area contributed by atoms with Crippen molar-refractivity contribution >= 4 is 21.6 Å². The van der Waals surface area contributed by atoms with E-state index in [0.717, 1.165) is 5.56 Å². The molecule has 3 aromatic rings. The first-order valence-corrected chi connectivity index (χ1v) is 10.6. The second-order valence-corrected chi connectivity index (χ2v) is 8.05. The van der Waals surface area contributed by atoms with Crippen LogP contribution in [0.15, 0.2) is 77.7 Å².